The van der Waals surface area contributed by atoms with Crippen molar-refractivity contribution in [1.29, 1.82) is 0 Å². The van der Waals surface area contributed by atoms with Crippen LogP contribution in [0.15, 0.2) is 54.6 Å². The smallest absolute Gasteiger partial charge is 0.125 e. The Morgan fingerprint density at radius 1 is 0.933 bits per heavy atom. The van der Waals surface area contributed by atoms with Crippen molar-refractivity contribution in [2.75, 3.05) is 5.32 Å². The minimum atomic E-state index is -0.215. The van der Waals surface area contributed by atoms with Gasteiger partial charge in [0, 0.05) is 12.2 Å². The van der Waals surface area contributed by atoms with E-state index >= 15 is 0 Å². The van der Waals surface area contributed by atoms with Gasteiger partial charge in [-0.3, -0.25) is 0 Å². The monoisotopic (exact) mass is 201 g/mol. The van der Waals surface area contributed by atoms with Crippen molar-refractivity contribution in [3.05, 3.63) is 66.0 Å². The van der Waals surface area contributed by atoms with Crippen LogP contribution >= 0.6 is 0 Å². The van der Waals surface area contributed by atoms with Crippen LogP contribution in [0.5, 0.6) is 0 Å². The van der Waals surface area contributed by atoms with Gasteiger partial charge in [0.25, 0.3) is 0 Å². The summed E-state index contributed by atoms with van der Waals surface area (Å²) in [5.41, 5.74) is 1.99. The number of benzene rings is 2. The molecule has 2 heteroatoms. The second kappa shape index (κ2) is 4.60. The van der Waals surface area contributed by atoms with Crippen molar-refractivity contribution in [1.82, 2.24) is 0 Å². The van der Waals surface area contributed by atoms with Gasteiger partial charge in [-0.25, -0.2) is 4.39 Å². The van der Waals surface area contributed by atoms with Crippen molar-refractivity contribution >= 4 is 5.69 Å². The molecule has 0 aliphatic heterocycles. The van der Waals surface area contributed by atoms with Gasteiger partial charge in [-0.2, -0.15) is 0 Å². The maximum absolute atomic E-state index is 12.9. The molecular weight excluding hydrogens is 189 g/mol. The number of halogens is 1. The van der Waals surface area contributed by atoms with E-state index in [9.17, 15) is 4.39 Å². The van der Waals surface area contributed by atoms with Gasteiger partial charge in [-0.1, -0.05) is 36.4 Å². The second-order valence-electron chi connectivity index (χ2n) is 3.35. The van der Waals surface area contributed by atoms with Crippen LogP contribution in [0.4, 0.5) is 10.1 Å². The molecule has 0 aliphatic carbocycles. The van der Waals surface area contributed by atoms with E-state index in [0.29, 0.717) is 6.54 Å². The van der Waals surface area contributed by atoms with Gasteiger partial charge in [0.1, 0.15) is 5.82 Å². The summed E-state index contributed by atoms with van der Waals surface area (Å²) < 4.78 is 12.9. The van der Waals surface area contributed by atoms with Gasteiger partial charge in [-0.15, -0.1) is 0 Å². The molecule has 76 valence electrons. The zero-order chi connectivity index (χ0) is 10.5. The first-order chi connectivity index (χ1) is 7.34. The molecule has 0 fully saturated rings. The molecule has 2 rings (SSSR count). The summed E-state index contributed by atoms with van der Waals surface area (Å²) in [5, 5.41) is 3.16. The summed E-state index contributed by atoms with van der Waals surface area (Å²) in [6, 6.07) is 16.5. The van der Waals surface area contributed by atoms with Crippen LogP contribution in [0.25, 0.3) is 0 Å². The number of rotatable bonds is 3. The quantitative estimate of drug-likeness (QED) is 0.802. The molecule has 1 nitrogen and oxygen atoms in total. The topological polar surface area (TPSA) is 12.0 Å². The van der Waals surface area contributed by atoms with Gasteiger partial charge in [-0.05, 0) is 23.8 Å². The van der Waals surface area contributed by atoms with Crippen molar-refractivity contribution in [3.63, 3.8) is 0 Å². The molecule has 1 N–H and O–H groups in total. The lowest BCUT2D eigenvalue weighted by Crippen LogP contribution is -1.98. The van der Waals surface area contributed by atoms with E-state index in [1.807, 2.05) is 36.4 Å². The predicted octanol–water partition coefficient (Wildman–Crippen LogP) is 3.44. The molecule has 0 aliphatic rings. The number of nitrogens with one attached hydrogen (secondary N) is 1. The Morgan fingerprint density at radius 2 is 1.73 bits per heavy atom. The van der Waals surface area contributed by atoms with Crippen LogP contribution in [0.2, 0.25) is 0 Å². The highest BCUT2D eigenvalue weighted by atomic mass is 19.1. The lowest BCUT2D eigenvalue weighted by Gasteiger charge is -2.05. The van der Waals surface area contributed by atoms with Crippen LogP contribution in [-0.2, 0) is 6.54 Å². The molecule has 0 saturated carbocycles. The Kier molecular flexibility index (Phi) is 2.98. The Bertz CT molecular complexity index is 426. The molecule has 2 aromatic rings. The Balaban J connectivity index is 1.99. The highest BCUT2D eigenvalue weighted by molar-refractivity contribution is 5.43. The zero-order valence-corrected chi connectivity index (χ0v) is 8.28. The van der Waals surface area contributed by atoms with E-state index in [1.54, 1.807) is 6.07 Å². The summed E-state index contributed by atoms with van der Waals surface area (Å²) in [5.74, 6) is -0.215. The molecule has 0 bridgehead atoms. The molecule has 0 saturated heterocycles. The van der Waals surface area contributed by atoms with Crippen LogP contribution < -0.4 is 5.32 Å². The summed E-state index contributed by atoms with van der Waals surface area (Å²) in [4.78, 5) is 0. The molecule has 2 aromatic carbocycles. The summed E-state index contributed by atoms with van der Waals surface area (Å²) >= 11 is 0. The standard InChI is InChI=1S/C13H12FN/c14-12-7-4-8-13(9-12)15-10-11-5-2-1-3-6-11/h1-9,15H,10H2. The average molecular weight is 201 g/mol. The molecule has 0 atom stereocenters. The molecule has 0 heterocycles. The lowest BCUT2D eigenvalue weighted by atomic mass is 10.2. The molecule has 0 amide bonds. The highest BCUT2D eigenvalue weighted by Crippen LogP contribution is 2.10. The van der Waals surface area contributed by atoms with Crippen molar-refractivity contribution < 1.29 is 4.39 Å². The highest BCUT2D eigenvalue weighted by Gasteiger charge is 1.94. The van der Waals surface area contributed by atoms with E-state index in [4.69, 9.17) is 0 Å². The second-order valence-corrected chi connectivity index (χ2v) is 3.35. The summed E-state index contributed by atoms with van der Waals surface area (Å²) in [7, 11) is 0. The van der Waals surface area contributed by atoms with E-state index < -0.39 is 0 Å². The zero-order valence-electron chi connectivity index (χ0n) is 8.28. The Morgan fingerprint density at radius 3 is 2.47 bits per heavy atom. The van der Waals surface area contributed by atoms with Crippen molar-refractivity contribution in [2.45, 2.75) is 6.54 Å². The largest absolute Gasteiger partial charge is 0.381 e. The third-order valence-electron chi connectivity index (χ3n) is 2.16. The first-order valence-corrected chi connectivity index (χ1v) is 4.88. The maximum atomic E-state index is 12.9. The fourth-order valence-corrected chi connectivity index (χ4v) is 1.40. The molecule has 0 radical (unpaired) electrons. The number of hydrogen-bond donors (Lipinski definition) is 1. The average Bonchev–Trinajstić information content (AvgIpc) is 2.28. The van der Waals surface area contributed by atoms with E-state index in [1.165, 1.54) is 17.7 Å². The molecule has 0 aromatic heterocycles. The van der Waals surface area contributed by atoms with Gasteiger partial charge < -0.3 is 5.32 Å². The Labute approximate surface area is 88.6 Å². The van der Waals surface area contributed by atoms with Gasteiger partial charge in [0.05, 0.1) is 0 Å². The number of hydrogen-bond acceptors (Lipinski definition) is 1. The summed E-state index contributed by atoms with van der Waals surface area (Å²) in [6.07, 6.45) is 0. The SMILES string of the molecule is Fc1cccc(NCc2ccccc2)c1. The third kappa shape index (κ3) is 2.81. The normalized spacial score (nSPS) is 9.93. The van der Waals surface area contributed by atoms with Crippen LogP contribution in [0, 0.1) is 5.82 Å². The summed E-state index contributed by atoms with van der Waals surface area (Å²) in [6.45, 7) is 0.713. The first-order valence-electron chi connectivity index (χ1n) is 4.88. The van der Waals surface area contributed by atoms with Crippen LogP contribution in [0.3, 0.4) is 0 Å². The third-order valence-corrected chi connectivity index (χ3v) is 2.16. The van der Waals surface area contributed by atoms with E-state index in [-0.39, 0.29) is 5.82 Å². The molecule has 0 unspecified atom stereocenters. The van der Waals surface area contributed by atoms with Gasteiger partial charge >= 0.3 is 0 Å². The lowest BCUT2D eigenvalue weighted by molar-refractivity contribution is 0.628. The predicted molar refractivity (Wildman–Crippen MR) is 60.2 cm³/mol. The van der Waals surface area contributed by atoms with E-state index in [2.05, 4.69) is 5.32 Å². The Hall–Kier alpha value is -1.83. The van der Waals surface area contributed by atoms with Crippen LogP contribution in [-0.4, -0.2) is 0 Å². The molecular formula is C13H12FN. The number of anilines is 1. The van der Waals surface area contributed by atoms with Gasteiger partial charge in [0.15, 0.2) is 0 Å². The van der Waals surface area contributed by atoms with Crippen molar-refractivity contribution in [2.24, 2.45) is 0 Å². The molecule has 15 heavy (non-hydrogen) atoms. The van der Waals surface area contributed by atoms with Crippen LogP contribution in [0.1, 0.15) is 5.56 Å². The first kappa shape index (κ1) is 9.71. The van der Waals surface area contributed by atoms with E-state index in [0.717, 1.165) is 5.69 Å². The minimum absolute atomic E-state index is 0.215. The molecule has 0 spiro atoms. The van der Waals surface area contributed by atoms with Crippen molar-refractivity contribution in [3.8, 4) is 0 Å². The fraction of sp³-hybridized carbons (Fsp3) is 0.0769. The minimum Gasteiger partial charge on any atom is -0.381 e. The fourth-order valence-electron chi connectivity index (χ4n) is 1.40. The van der Waals surface area contributed by atoms with Gasteiger partial charge in [0.2, 0.25) is 0 Å². The maximum Gasteiger partial charge on any atom is 0.125 e.